The van der Waals surface area contributed by atoms with Crippen molar-refractivity contribution >= 4 is 0 Å². The predicted molar refractivity (Wildman–Crippen MR) is 54.8 cm³/mol. The molecule has 0 saturated carbocycles. The molecule has 0 bridgehead atoms. The third-order valence-corrected chi connectivity index (χ3v) is 1.84. The van der Waals surface area contributed by atoms with Crippen LogP contribution in [0.3, 0.4) is 0 Å². The van der Waals surface area contributed by atoms with Crippen LogP contribution in [0, 0.1) is 0 Å². The molecule has 0 spiro atoms. The predicted octanol–water partition coefficient (Wildman–Crippen LogP) is 1.57. The molecule has 0 fully saturated rings. The van der Waals surface area contributed by atoms with Crippen molar-refractivity contribution in [2.75, 3.05) is 13.7 Å². The van der Waals surface area contributed by atoms with E-state index >= 15 is 0 Å². The van der Waals surface area contributed by atoms with E-state index in [1.807, 2.05) is 5.32 Å². The van der Waals surface area contributed by atoms with Gasteiger partial charge in [0.05, 0.1) is 0 Å². The number of hydrogen-bond acceptors (Lipinski definition) is 3. The molecule has 2 rings (SSSR count). The maximum atomic E-state index is 8.06. The Balaban J connectivity index is 2.29. The lowest BCUT2D eigenvalue weighted by Crippen LogP contribution is -2.23. The third kappa shape index (κ3) is 1.82. The second-order valence-electron chi connectivity index (χ2n) is 2.85. The van der Waals surface area contributed by atoms with Gasteiger partial charge < -0.3 is 14.8 Å². The summed E-state index contributed by atoms with van der Waals surface area (Å²) in [6.45, 7) is -8.02. The van der Waals surface area contributed by atoms with E-state index in [1.165, 1.54) is 18.2 Å². The number of ether oxygens (including phenoxy) is 2. The van der Waals surface area contributed by atoms with Crippen LogP contribution in [-0.4, -0.2) is 19.7 Å². The fraction of sp³-hybridized carbons (Fsp3) is 0.455. The van der Waals surface area contributed by atoms with Gasteiger partial charge in [-0.3, -0.25) is 0 Å². The van der Waals surface area contributed by atoms with Crippen LogP contribution in [0.25, 0.3) is 0 Å². The van der Waals surface area contributed by atoms with Gasteiger partial charge in [-0.15, -0.1) is 0 Å². The molecule has 0 aromatic heterocycles. The first kappa shape index (κ1) is 3.42. The zero-order valence-corrected chi connectivity index (χ0v) is 7.26. The fourth-order valence-electron chi connectivity index (χ4n) is 1.19. The molecule has 76 valence electrons. The zero-order valence-electron chi connectivity index (χ0n) is 16.3. The normalized spacial score (nSPS) is 32.7. The Morgan fingerprint density at radius 2 is 2.57 bits per heavy atom. The Bertz CT molecular complexity index is 598. The maximum absolute atomic E-state index is 8.06. The summed E-state index contributed by atoms with van der Waals surface area (Å²) in [5.41, 5.74) is 0.299. The average molecular weight is 202 g/mol. The quantitative estimate of drug-likeness (QED) is 0.807. The average Bonchev–Trinajstić information content (AvgIpc) is 2.58. The van der Waals surface area contributed by atoms with Gasteiger partial charge in [-0.1, -0.05) is 6.07 Å². The van der Waals surface area contributed by atoms with Crippen molar-refractivity contribution in [2.45, 2.75) is 19.3 Å². The van der Waals surface area contributed by atoms with E-state index in [0.717, 1.165) is 0 Å². The molecule has 1 aliphatic heterocycles. The Morgan fingerprint density at radius 1 is 1.64 bits per heavy atom. The highest BCUT2D eigenvalue weighted by molar-refractivity contribution is 5.44. The molecule has 1 aromatic carbocycles. The first-order valence-corrected chi connectivity index (χ1v) is 4.01. The molecule has 1 heterocycles. The van der Waals surface area contributed by atoms with Crippen LogP contribution in [0.15, 0.2) is 18.2 Å². The van der Waals surface area contributed by atoms with E-state index in [1.54, 1.807) is 0 Å². The van der Waals surface area contributed by atoms with Gasteiger partial charge in [-0.2, -0.15) is 0 Å². The number of nitrogens with one attached hydrogen (secondary N) is 1. The molecule has 1 unspecified atom stereocenters. The zero-order chi connectivity index (χ0) is 17.7. The van der Waals surface area contributed by atoms with E-state index in [4.69, 9.17) is 21.8 Å². The van der Waals surface area contributed by atoms with E-state index in [2.05, 4.69) is 0 Å². The lowest BCUT2D eigenvalue weighted by atomic mass is 10.1. The van der Waals surface area contributed by atoms with Crippen LogP contribution < -0.4 is 14.8 Å². The third-order valence-electron chi connectivity index (χ3n) is 1.84. The number of fused-ring (bicyclic) bond motifs is 1. The number of rotatable bonds is 3. The fourth-order valence-corrected chi connectivity index (χ4v) is 1.19. The Labute approximate surface area is 96.7 Å². The van der Waals surface area contributed by atoms with Crippen molar-refractivity contribution in [1.82, 2.24) is 5.32 Å². The Kier molecular flexibility index (Phi) is 0.947. The van der Waals surface area contributed by atoms with Gasteiger partial charge in [0, 0.05) is 15.6 Å². The first-order valence-electron chi connectivity index (χ1n) is 8.51. The first-order chi connectivity index (χ1) is 10.2. The number of likely N-dealkylation sites (N-methyl/N-ethyl adjacent to an activating group) is 1. The molecule has 1 aliphatic rings. The minimum Gasteiger partial charge on any atom is -0.454 e. The van der Waals surface area contributed by atoms with Crippen molar-refractivity contribution in [3.8, 4) is 11.5 Å². The molecule has 1 atom stereocenters. The largest absolute Gasteiger partial charge is 0.454 e. The summed E-state index contributed by atoms with van der Waals surface area (Å²) in [4.78, 5) is 0. The molecule has 0 amide bonds. The summed E-state index contributed by atoms with van der Waals surface area (Å²) < 4.78 is 76.4. The number of benzene rings is 1. The molecule has 1 N–H and O–H groups in total. The van der Waals surface area contributed by atoms with E-state index < -0.39 is 33.0 Å². The van der Waals surface area contributed by atoms with Crippen molar-refractivity contribution in [2.24, 2.45) is 0 Å². The molecular formula is C11H15NO2. The second-order valence-corrected chi connectivity index (χ2v) is 2.85. The van der Waals surface area contributed by atoms with Gasteiger partial charge in [0.2, 0.25) is 6.75 Å². The SMILES string of the molecule is [2H]C([2H])([2H])NC([2H])(Cc1ccc2c(c1)OC([2H])([2H])O2)C([2H])([2H])[2H]. The van der Waals surface area contributed by atoms with Crippen molar-refractivity contribution in [3.05, 3.63) is 23.8 Å². The van der Waals surface area contributed by atoms with Gasteiger partial charge in [0.25, 0.3) is 0 Å². The van der Waals surface area contributed by atoms with E-state index in [-0.39, 0.29) is 11.5 Å². The Hall–Kier alpha value is -1.22. The highest BCUT2D eigenvalue weighted by Crippen LogP contribution is 2.32. The summed E-state index contributed by atoms with van der Waals surface area (Å²) in [5, 5.41) is 1.86. The van der Waals surface area contributed by atoms with Gasteiger partial charge in [-0.05, 0) is 37.9 Å². The minimum absolute atomic E-state index is 0.0641. The standard InChI is InChI=1S/C11H15NO2/c1-8(12-2)5-9-3-4-10-11(6-9)14-7-13-10/h3-4,6,8,12H,5,7H2,1-2H3/i1D3,2D3,7D2,8D. The lowest BCUT2D eigenvalue weighted by Gasteiger charge is -2.09. The molecular weight excluding hydrogens is 178 g/mol. The maximum Gasteiger partial charge on any atom is 0.231 e. The summed E-state index contributed by atoms with van der Waals surface area (Å²) in [6.07, 6.45) is -0.443. The molecule has 0 radical (unpaired) electrons. The van der Waals surface area contributed by atoms with Crippen LogP contribution in [0.4, 0.5) is 0 Å². The smallest absolute Gasteiger partial charge is 0.231 e. The number of hydrogen-bond donors (Lipinski definition) is 1. The van der Waals surface area contributed by atoms with E-state index in [9.17, 15) is 0 Å². The summed E-state index contributed by atoms with van der Waals surface area (Å²) >= 11 is 0. The molecule has 0 aliphatic carbocycles. The van der Waals surface area contributed by atoms with Crippen LogP contribution in [0.5, 0.6) is 11.5 Å². The second kappa shape index (κ2) is 3.88. The van der Waals surface area contributed by atoms with Gasteiger partial charge in [-0.25, -0.2) is 0 Å². The lowest BCUT2D eigenvalue weighted by molar-refractivity contribution is 0.174. The highest BCUT2D eigenvalue weighted by Gasteiger charge is 2.13. The highest BCUT2D eigenvalue weighted by atomic mass is 16.7. The van der Waals surface area contributed by atoms with Crippen molar-refractivity contribution < 1.29 is 21.8 Å². The molecule has 3 nitrogen and oxygen atoms in total. The van der Waals surface area contributed by atoms with Gasteiger partial charge in [0.15, 0.2) is 11.5 Å². The van der Waals surface area contributed by atoms with Crippen LogP contribution in [-0.2, 0) is 6.42 Å². The van der Waals surface area contributed by atoms with Crippen LogP contribution >= 0.6 is 0 Å². The van der Waals surface area contributed by atoms with Crippen molar-refractivity contribution in [1.29, 1.82) is 0 Å². The summed E-state index contributed by atoms with van der Waals surface area (Å²) in [7, 11) is 0. The monoisotopic (exact) mass is 202 g/mol. The minimum atomic E-state index is -2.90. The summed E-state index contributed by atoms with van der Waals surface area (Å²) in [5.74, 6) is 0.210. The molecule has 0 saturated heterocycles. The molecule has 1 aromatic rings. The Morgan fingerprint density at radius 3 is 3.43 bits per heavy atom. The molecule has 14 heavy (non-hydrogen) atoms. The summed E-state index contributed by atoms with van der Waals surface area (Å²) in [6, 6.07) is 1.70. The van der Waals surface area contributed by atoms with Gasteiger partial charge in [0.1, 0.15) is 2.74 Å². The van der Waals surface area contributed by atoms with Crippen molar-refractivity contribution in [3.63, 3.8) is 0 Å². The van der Waals surface area contributed by atoms with Crippen LogP contribution in [0.2, 0.25) is 0 Å². The van der Waals surface area contributed by atoms with Gasteiger partial charge >= 0.3 is 0 Å². The van der Waals surface area contributed by atoms with Crippen LogP contribution in [0.1, 0.15) is 24.8 Å². The molecule has 3 heteroatoms. The van der Waals surface area contributed by atoms with E-state index in [0.29, 0.717) is 5.56 Å². The topological polar surface area (TPSA) is 30.5 Å².